The van der Waals surface area contributed by atoms with Crippen LogP contribution in [0.5, 0.6) is 23.0 Å². The highest BCUT2D eigenvalue weighted by molar-refractivity contribution is 7.86. The van der Waals surface area contributed by atoms with Crippen LogP contribution in [0.4, 0.5) is 4.39 Å². The van der Waals surface area contributed by atoms with Crippen LogP contribution in [0, 0.1) is 5.82 Å². The Bertz CT molecular complexity index is 1870. The number of rotatable bonds is 15. The van der Waals surface area contributed by atoms with Crippen molar-refractivity contribution in [3.63, 3.8) is 0 Å². The molecule has 3 aromatic rings. The molecule has 12 nitrogen and oxygen atoms in total. The maximum Gasteiger partial charge on any atom is 0.378 e. The smallest absolute Gasteiger partial charge is 0.378 e. The van der Waals surface area contributed by atoms with Gasteiger partial charge in [-0.05, 0) is 47.5 Å². The van der Waals surface area contributed by atoms with Gasteiger partial charge in [0, 0.05) is 34.8 Å². The second kappa shape index (κ2) is 16.2. The summed E-state index contributed by atoms with van der Waals surface area (Å²) in [7, 11) is 7.01. The minimum absolute atomic E-state index is 0.0483. The second-order valence-electron chi connectivity index (χ2n) is 13.0. The molecule has 1 N–H and O–H groups in total. The Balaban J connectivity index is 1.17. The van der Waals surface area contributed by atoms with E-state index < -0.39 is 33.9 Å². The molecule has 6 rings (SSSR count). The van der Waals surface area contributed by atoms with E-state index in [2.05, 4.69) is 9.97 Å². The molecule has 2 saturated heterocycles. The number of β-lactam (4-membered cyclic amide) rings is 1. The van der Waals surface area contributed by atoms with Crippen molar-refractivity contribution in [1.29, 1.82) is 0 Å². The first-order chi connectivity index (χ1) is 25.1. The summed E-state index contributed by atoms with van der Waals surface area (Å²) in [5.74, 6) is -0.974. The number of methoxy groups -OCH3 is 2. The maximum absolute atomic E-state index is 15.7. The zero-order valence-corrected chi connectivity index (χ0v) is 29.9. The van der Waals surface area contributed by atoms with Gasteiger partial charge in [0.1, 0.15) is 42.3 Å². The summed E-state index contributed by atoms with van der Waals surface area (Å²) in [6, 6.07) is 17.0. The number of nitrogens with one attached hydrogen (secondary N) is 1. The third-order valence-electron chi connectivity index (χ3n) is 9.68. The number of fused-ring (bicyclic) bond motifs is 1. The highest BCUT2D eigenvalue weighted by atomic mass is 32.2. The van der Waals surface area contributed by atoms with Crippen LogP contribution in [0.2, 0.25) is 0 Å². The molecule has 2 radical (unpaired) electrons. The molecule has 3 heterocycles. The Morgan fingerprint density at radius 3 is 2.15 bits per heavy atom. The molecule has 272 valence electrons. The molecule has 15 heteroatoms. The zero-order valence-electron chi connectivity index (χ0n) is 29.1. The number of carbonyl (C=O) groups is 3. The average molecular weight is 733 g/mol. The number of benzene rings is 3. The standard InChI is InChI=1S/C37H39BFN3O9S/c1-47-28-9-5-24(6-10-28)21-49-31-18-26(17-30(39)35(31)50-22-25-7-11-29(48-2)12-8-25)36(44)40-13-16-42(14-3-4-15-42)20-27-23-52(46)33-19-32(43)41(33)34(27)37(45)51-38/h5-12,17-18,33H,3-4,13-16,19-23H2,1-2H3/p+1/t33-,52?/m1/s1. The number of carbonyl (C=O) groups excluding carboxylic acids is 3. The van der Waals surface area contributed by atoms with Gasteiger partial charge in [0.25, 0.3) is 5.91 Å². The molecule has 2 amide bonds. The highest BCUT2D eigenvalue weighted by Gasteiger charge is 2.50. The first kappa shape index (κ1) is 36.9. The van der Waals surface area contributed by atoms with Crippen LogP contribution in [-0.2, 0) is 38.3 Å². The predicted octanol–water partition coefficient (Wildman–Crippen LogP) is 3.54. The van der Waals surface area contributed by atoms with Gasteiger partial charge < -0.3 is 33.4 Å². The van der Waals surface area contributed by atoms with Crippen LogP contribution in [0.3, 0.4) is 0 Å². The summed E-state index contributed by atoms with van der Waals surface area (Å²) in [4.78, 5) is 39.9. The molecule has 0 aliphatic carbocycles. The molecular formula is C37H40BFN3O9S+. The van der Waals surface area contributed by atoms with E-state index >= 15 is 4.39 Å². The number of ether oxygens (including phenoxy) is 4. The van der Waals surface area contributed by atoms with Crippen LogP contribution in [0.1, 0.15) is 40.7 Å². The maximum atomic E-state index is 15.7. The van der Waals surface area contributed by atoms with Gasteiger partial charge in [-0.1, -0.05) is 24.3 Å². The lowest BCUT2D eigenvalue weighted by atomic mass is 10.1. The van der Waals surface area contributed by atoms with Crippen LogP contribution >= 0.6 is 0 Å². The van der Waals surface area contributed by atoms with E-state index in [-0.39, 0.29) is 60.6 Å². The van der Waals surface area contributed by atoms with Crippen LogP contribution in [-0.4, -0.2) is 97.5 Å². The van der Waals surface area contributed by atoms with Crippen molar-refractivity contribution < 1.29 is 51.1 Å². The largest absolute Gasteiger partial charge is 0.539 e. The first-order valence-corrected chi connectivity index (χ1v) is 18.3. The molecule has 0 bridgehead atoms. The Morgan fingerprint density at radius 2 is 1.58 bits per heavy atom. The molecule has 1 unspecified atom stereocenters. The van der Waals surface area contributed by atoms with Gasteiger partial charge in [0.2, 0.25) is 5.91 Å². The van der Waals surface area contributed by atoms with Crippen LogP contribution in [0.25, 0.3) is 0 Å². The predicted molar refractivity (Wildman–Crippen MR) is 189 cm³/mol. The number of amides is 2. The van der Waals surface area contributed by atoms with Gasteiger partial charge in [0.05, 0.1) is 52.6 Å². The number of likely N-dealkylation sites (tertiary alicyclic amines) is 1. The minimum Gasteiger partial charge on any atom is -0.539 e. The lowest BCUT2D eigenvalue weighted by molar-refractivity contribution is -0.911. The van der Waals surface area contributed by atoms with Gasteiger partial charge in [-0.25, -0.2) is 9.18 Å². The quantitative estimate of drug-likeness (QED) is 0.142. The van der Waals surface area contributed by atoms with E-state index in [1.807, 2.05) is 24.3 Å². The summed E-state index contributed by atoms with van der Waals surface area (Å²) in [5.41, 5.74) is 2.25. The Labute approximate surface area is 305 Å². The average Bonchev–Trinajstić information content (AvgIpc) is 3.61. The van der Waals surface area contributed by atoms with E-state index in [9.17, 15) is 18.6 Å². The SMILES string of the molecule is [B]OC(=O)C1=C(C[N+]2(CCNC(=O)c3cc(F)c(OCc4ccc(OC)cc4)c(OCc4ccc(OC)cc4)c3)CCCC2)CS(=O)[C@@H]2CC(=O)N12. The fraction of sp³-hybridized carbons (Fsp3) is 0.378. The Hall–Kier alpha value is -4.89. The van der Waals surface area contributed by atoms with E-state index in [0.717, 1.165) is 43.1 Å². The van der Waals surface area contributed by atoms with Crippen molar-refractivity contribution in [2.45, 2.75) is 37.9 Å². The molecular weight excluding hydrogens is 692 g/mol. The third-order valence-corrected chi connectivity index (χ3v) is 11.3. The number of quaternary nitrogens is 1. The van der Waals surface area contributed by atoms with Crippen LogP contribution < -0.4 is 24.3 Å². The molecule has 0 aromatic heterocycles. The molecule has 3 aromatic carbocycles. The number of hydrogen-bond donors (Lipinski definition) is 1. The minimum atomic E-state index is -1.36. The first-order valence-electron chi connectivity index (χ1n) is 16.9. The number of hydrogen-bond acceptors (Lipinski definition) is 9. The van der Waals surface area contributed by atoms with Crippen LogP contribution in [0.15, 0.2) is 71.9 Å². The lowest BCUT2D eigenvalue weighted by Gasteiger charge is -2.45. The summed E-state index contributed by atoms with van der Waals surface area (Å²) < 4.78 is 56.1. The Morgan fingerprint density at radius 1 is 0.962 bits per heavy atom. The summed E-state index contributed by atoms with van der Waals surface area (Å²) >= 11 is 0. The highest BCUT2D eigenvalue weighted by Crippen LogP contribution is 2.37. The van der Waals surface area contributed by atoms with E-state index in [4.69, 9.17) is 27.0 Å². The fourth-order valence-corrected chi connectivity index (χ4v) is 8.43. The van der Waals surface area contributed by atoms with E-state index in [1.165, 1.54) is 11.0 Å². The second-order valence-corrected chi connectivity index (χ2v) is 14.6. The van der Waals surface area contributed by atoms with Crippen molar-refractivity contribution in [1.82, 2.24) is 10.2 Å². The topological polar surface area (TPSA) is 130 Å². The number of halogens is 1. The monoisotopic (exact) mass is 732 g/mol. The van der Waals surface area contributed by atoms with E-state index in [1.54, 1.807) is 38.5 Å². The van der Waals surface area contributed by atoms with Gasteiger partial charge in [0.15, 0.2) is 17.3 Å². The molecule has 3 aliphatic heterocycles. The molecule has 2 fully saturated rings. The van der Waals surface area contributed by atoms with Gasteiger partial charge >= 0.3 is 14.0 Å². The van der Waals surface area contributed by atoms with Gasteiger partial charge in [-0.3, -0.25) is 18.7 Å². The van der Waals surface area contributed by atoms with Crippen molar-refractivity contribution in [3.8, 4) is 23.0 Å². The fourth-order valence-electron chi connectivity index (χ4n) is 6.88. The van der Waals surface area contributed by atoms with E-state index in [0.29, 0.717) is 34.6 Å². The van der Waals surface area contributed by atoms with Gasteiger partial charge in [-0.2, -0.15) is 0 Å². The summed E-state index contributed by atoms with van der Waals surface area (Å²) in [5, 5.41) is 2.36. The summed E-state index contributed by atoms with van der Waals surface area (Å²) in [6.45, 7) is 2.71. The molecule has 2 atom stereocenters. The lowest BCUT2D eigenvalue weighted by Crippen LogP contribution is -2.60. The number of nitrogens with zero attached hydrogens (tertiary/aromatic N) is 2. The summed E-state index contributed by atoms with van der Waals surface area (Å²) in [6.07, 6.45) is 1.95. The van der Waals surface area contributed by atoms with Crippen molar-refractivity contribution in [2.75, 3.05) is 52.7 Å². The van der Waals surface area contributed by atoms with Gasteiger partial charge in [-0.15, -0.1) is 0 Å². The van der Waals surface area contributed by atoms with Crippen molar-refractivity contribution in [3.05, 3.63) is 94.4 Å². The third kappa shape index (κ3) is 8.10. The normalized spacial score (nSPS) is 19.0. The molecule has 0 saturated carbocycles. The Kier molecular flexibility index (Phi) is 11.5. The molecule has 52 heavy (non-hydrogen) atoms. The zero-order chi connectivity index (χ0) is 36.8. The molecule has 0 spiro atoms. The van der Waals surface area contributed by atoms with Crippen molar-refractivity contribution in [2.24, 2.45) is 0 Å². The molecule has 3 aliphatic rings. The van der Waals surface area contributed by atoms with Crippen molar-refractivity contribution >= 4 is 36.6 Å².